The van der Waals surface area contributed by atoms with E-state index in [4.69, 9.17) is 5.84 Å². The largest absolute Gasteiger partial charge is 0.333 e. The number of carbonyl (C=O) groups is 1. The first-order valence-corrected chi connectivity index (χ1v) is 6.84. The van der Waals surface area contributed by atoms with Gasteiger partial charge in [0.05, 0.1) is 0 Å². The number of amides is 2. The van der Waals surface area contributed by atoms with Crippen molar-refractivity contribution in [2.45, 2.75) is 5.75 Å². The van der Waals surface area contributed by atoms with Crippen molar-refractivity contribution in [3.63, 3.8) is 0 Å². The standard InChI is InChI=1S/C11H14BrN3OS/c1-8(14-11(16)15-13)6-17-7-9-2-4-10(12)5-3-9/h2-5H,1,6-7,13H2,(H2,14,15,16). The predicted octanol–water partition coefficient (Wildman–Crippen LogP) is 2.37. The molecule has 92 valence electrons. The Morgan fingerprint density at radius 2 is 2.06 bits per heavy atom. The number of nitrogens with two attached hydrogens (primary N) is 1. The fraction of sp³-hybridized carbons (Fsp3) is 0.182. The zero-order valence-electron chi connectivity index (χ0n) is 9.20. The maximum Gasteiger partial charge on any atom is 0.333 e. The Balaban J connectivity index is 2.26. The van der Waals surface area contributed by atoms with Gasteiger partial charge in [-0.25, -0.2) is 10.6 Å². The lowest BCUT2D eigenvalue weighted by Gasteiger charge is -2.07. The summed E-state index contributed by atoms with van der Waals surface area (Å²) in [6.45, 7) is 3.73. The summed E-state index contributed by atoms with van der Waals surface area (Å²) in [5.74, 6) is 6.47. The molecule has 0 radical (unpaired) electrons. The summed E-state index contributed by atoms with van der Waals surface area (Å²) in [6.07, 6.45) is 0. The summed E-state index contributed by atoms with van der Waals surface area (Å²) in [7, 11) is 0. The molecule has 0 saturated carbocycles. The van der Waals surface area contributed by atoms with Crippen LogP contribution in [0.2, 0.25) is 0 Å². The second kappa shape index (κ2) is 7.37. The van der Waals surface area contributed by atoms with Crippen molar-refractivity contribution in [1.29, 1.82) is 0 Å². The molecule has 1 rings (SSSR count). The monoisotopic (exact) mass is 315 g/mol. The summed E-state index contributed by atoms with van der Waals surface area (Å²) in [5.41, 5.74) is 3.85. The van der Waals surface area contributed by atoms with E-state index in [-0.39, 0.29) is 0 Å². The van der Waals surface area contributed by atoms with Crippen LogP contribution in [-0.4, -0.2) is 11.8 Å². The maximum absolute atomic E-state index is 10.9. The van der Waals surface area contributed by atoms with E-state index in [0.29, 0.717) is 11.4 Å². The lowest BCUT2D eigenvalue weighted by Crippen LogP contribution is -2.39. The van der Waals surface area contributed by atoms with E-state index < -0.39 is 6.03 Å². The van der Waals surface area contributed by atoms with Crippen LogP contribution in [0.1, 0.15) is 5.56 Å². The lowest BCUT2D eigenvalue weighted by molar-refractivity contribution is 0.243. The minimum absolute atomic E-state index is 0.445. The number of hydrogen-bond acceptors (Lipinski definition) is 3. The van der Waals surface area contributed by atoms with Crippen molar-refractivity contribution in [3.05, 3.63) is 46.6 Å². The highest BCUT2D eigenvalue weighted by Crippen LogP contribution is 2.16. The van der Waals surface area contributed by atoms with E-state index in [0.717, 1.165) is 10.2 Å². The zero-order valence-corrected chi connectivity index (χ0v) is 11.6. The molecule has 6 heteroatoms. The number of urea groups is 1. The van der Waals surface area contributed by atoms with Gasteiger partial charge in [0.1, 0.15) is 0 Å². The quantitative estimate of drug-likeness (QED) is 0.444. The lowest BCUT2D eigenvalue weighted by atomic mass is 10.2. The van der Waals surface area contributed by atoms with Gasteiger partial charge in [-0.1, -0.05) is 34.6 Å². The normalized spacial score (nSPS) is 9.76. The van der Waals surface area contributed by atoms with Crippen molar-refractivity contribution in [1.82, 2.24) is 10.7 Å². The smallest absolute Gasteiger partial charge is 0.310 e. The van der Waals surface area contributed by atoms with Crippen molar-refractivity contribution in [2.24, 2.45) is 5.84 Å². The first-order valence-electron chi connectivity index (χ1n) is 4.89. The summed E-state index contributed by atoms with van der Waals surface area (Å²) in [5, 5.41) is 2.53. The number of rotatable bonds is 5. The maximum atomic E-state index is 10.9. The van der Waals surface area contributed by atoms with Gasteiger partial charge >= 0.3 is 6.03 Å². The average molecular weight is 316 g/mol. The van der Waals surface area contributed by atoms with Crippen LogP contribution in [0.3, 0.4) is 0 Å². The van der Waals surface area contributed by atoms with Crippen LogP contribution in [-0.2, 0) is 5.75 Å². The molecule has 0 fully saturated rings. The minimum Gasteiger partial charge on any atom is -0.310 e. The molecule has 0 spiro atoms. The zero-order chi connectivity index (χ0) is 12.7. The van der Waals surface area contributed by atoms with E-state index in [1.807, 2.05) is 17.6 Å². The van der Waals surface area contributed by atoms with E-state index in [9.17, 15) is 4.79 Å². The highest BCUT2D eigenvalue weighted by molar-refractivity contribution is 9.10. The second-order valence-corrected chi connectivity index (χ2v) is 5.22. The van der Waals surface area contributed by atoms with Gasteiger partial charge in [0.25, 0.3) is 0 Å². The molecule has 4 N–H and O–H groups in total. The Kier molecular flexibility index (Phi) is 6.10. The van der Waals surface area contributed by atoms with Gasteiger partial charge in [-0.2, -0.15) is 11.8 Å². The van der Waals surface area contributed by atoms with Gasteiger partial charge < -0.3 is 5.32 Å². The Hall–Kier alpha value is -0.980. The molecule has 0 heterocycles. The number of halogens is 1. The Morgan fingerprint density at radius 3 is 2.65 bits per heavy atom. The molecule has 0 saturated heterocycles. The molecule has 0 aliphatic carbocycles. The van der Waals surface area contributed by atoms with Crippen LogP contribution in [0.4, 0.5) is 4.79 Å². The number of hydrogen-bond donors (Lipinski definition) is 3. The third-order valence-electron chi connectivity index (χ3n) is 1.88. The molecule has 17 heavy (non-hydrogen) atoms. The minimum atomic E-state index is -0.445. The fourth-order valence-corrected chi connectivity index (χ4v) is 2.22. The SMILES string of the molecule is C=C(CSCc1ccc(Br)cc1)NC(=O)NN. The van der Waals surface area contributed by atoms with E-state index >= 15 is 0 Å². The third kappa shape index (κ3) is 5.76. The van der Waals surface area contributed by atoms with Gasteiger partial charge in [-0.15, -0.1) is 0 Å². The van der Waals surface area contributed by atoms with Crippen LogP contribution in [0, 0.1) is 0 Å². The summed E-state index contributed by atoms with van der Waals surface area (Å²) < 4.78 is 1.07. The highest BCUT2D eigenvalue weighted by atomic mass is 79.9. The molecule has 1 aromatic carbocycles. The highest BCUT2D eigenvalue weighted by Gasteiger charge is 2.00. The fourth-order valence-electron chi connectivity index (χ4n) is 1.11. The molecule has 0 aliphatic rings. The first-order chi connectivity index (χ1) is 8.11. The van der Waals surface area contributed by atoms with Gasteiger partial charge in [0, 0.05) is 21.7 Å². The van der Waals surface area contributed by atoms with Crippen molar-refractivity contribution >= 4 is 33.7 Å². The van der Waals surface area contributed by atoms with Crippen LogP contribution < -0.4 is 16.6 Å². The predicted molar refractivity (Wildman–Crippen MR) is 75.3 cm³/mol. The number of thioether (sulfide) groups is 1. The van der Waals surface area contributed by atoms with Crippen LogP contribution in [0.5, 0.6) is 0 Å². The molecule has 4 nitrogen and oxygen atoms in total. The first kappa shape index (κ1) is 14.1. The molecule has 2 amide bonds. The van der Waals surface area contributed by atoms with Gasteiger partial charge in [-0.3, -0.25) is 5.43 Å². The van der Waals surface area contributed by atoms with Crippen molar-refractivity contribution < 1.29 is 4.79 Å². The summed E-state index contributed by atoms with van der Waals surface area (Å²) >= 11 is 5.06. The van der Waals surface area contributed by atoms with E-state index in [2.05, 4.69) is 40.0 Å². The van der Waals surface area contributed by atoms with Gasteiger partial charge in [0.2, 0.25) is 0 Å². The molecule has 0 atom stereocenters. The van der Waals surface area contributed by atoms with Crippen LogP contribution in [0.15, 0.2) is 41.0 Å². The molecule has 0 unspecified atom stereocenters. The van der Waals surface area contributed by atoms with Crippen LogP contribution in [0.25, 0.3) is 0 Å². The molecule has 1 aromatic rings. The molecular weight excluding hydrogens is 302 g/mol. The topological polar surface area (TPSA) is 67.2 Å². The van der Waals surface area contributed by atoms with Gasteiger partial charge in [0.15, 0.2) is 0 Å². The Bertz CT molecular complexity index is 394. The molecular formula is C11H14BrN3OS. The van der Waals surface area contributed by atoms with E-state index in [1.54, 1.807) is 11.8 Å². The molecule has 0 bridgehead atoms. The number of benzene rings is 1. The Labute approximate surface area is 113 Å². The Morgan fingerprint density at radius 1 is 1.41 bits per heavy atom. The van der Waals surface area contributed by atoms with E-state index in [1.165, 1.54) is 5.56 Å². The summed E-state index contributed by atoms with van der Waals surface area (Å²) in [6, 6.07) is 7.68. The van der Waals surface area contributed by atoms with Crippen LogP contribution >= 0.6 is 27.7 Å². The van der Waals surface area contributed by atoms with Crippen molar-refractivity contribution in [3.8, 4) is 0 Å². The number of carbonyl (C=O) groups excluding carboxylic acids is 1. The average Bonchev–Trinajstić information content (AvgIpc) is 2.31. The van der Waals surface area contributed by atoms with Gasteiger partial charge in [-0.05, 0) is 17.7 Å². The molecule has 0 aromatic heterocycles. The number of nitrogens with one attached hydrogen (secondary N) is 2. The third-order valence-corrected chi connectivity index (χ3v) is 3.50. The molecule has 0 aliphatic heterocycles. The van der Waals surface area contributed by atoms with Crippen molar-refractivity contribution in [2.75, 3.05) is 5.75 Å². The second-order valence-electron chi connectivity index (χ2n) is 3.32. The summed E-state index contributed by atoms with van der Waals surface area (Å²) in [4.78, 5) is 10.9. The number of hydrazine groups is 1.